The molecule has 0 amide bonds. The molecule has 0 radical (unpaired) electrons. The minimum atomic E-state index is -0.740. The van der Waals surface area contributed by atoms with Crippen molar-refractivity contribution in [1.82, 2.24) is 0 Å². The molecule has 32 heavy (non-hydrogen) atoms. The molecule has 0 rings (SSSR count). The molecule has 194 valence electrons. The summed E-state index contributed by atoms with van der Waals surface area (Å²) in [5.41, 5.74) is 0. The van der Waals surface area contributed by atoms with Gasteiger partial charge in [-0.2, -0.15) is 0 Å². The minimum Gasteiger partial charge on any atom is -0.481 e. The van der Waals surface area contributed by atoms with Crippen LogP contribution in [0.3, 0.4) is 0 Å². The molecule has 0 aliphatic heterocycles. The first-order valence-electron chi connectivity index (χ1n) is 13.0. The number of carboxylic acid groups (broad SMARTS) is 2. The Bertz CT molecular complexity index is 343. The Kier molecular flexibility index (Phi) is 33.1. The van der Waals surface area contributed by atoms with Gasteiger partial charge in [0.15, 0.2) is 0 Å². The molecule has 0 aromatic heterocycles. The highest BCUT2D eigenvalue weighted by atomic mass is 16.4. The zero-order chi connectivity index (χ0) is 25.0. The molecule has 2 unspecified atom stereocenters. The van der Waals surface area contributed by atoms with E-state index in [1.807, 2.05) is 0 Å². The van der Waals surface area contributed by atoms with E-state index in [0.29, 0.717) is 25.0 Å². The van der Waals surface area contributed by atoms with Gasteiger partial charge in [-0.3, -0.25) is 9.59 Å². The molecule has 2 atom stereocenters. The number of aliphatic hydroxyl groups excluding tert-OH is 2. The Morgan fingerprint density at radius 3 is 1.09 bits per heavy atom. The molecular formula is C26H54O6. The normalized spacial score (nSPS) is 12.1. The quantitative estimate of drug-likeness (QED) is 0.159. The topological polar surface area (TPSA) is 115 Å². The van der Waals surface area contributed by atoms with Gasteiger partial charge >= 0.3 is 11.9 Å². The molecule has 0 aromatic carbocycles. The van der Waals surface area contributed by atoms with Gasteiger partial charge < -0.3 is 20.4 Å². The number of carboxylic acids is 2. The Labute approximate surface area is 197 Å². The maximum Gasteiger partial charge on any atom is 0.303 e. The van der Waals surface area contributed by atoms with Gasteiger partial charge in [-0.25, -0.2) is 0 Å². The van der Waals surface area contributed by atoms with Crippen LogP contribution in [0.1, 0.15) is 130 Å². The molecule has 0 aliphatic rings. The number of hydrogen-bond acceptors (Lipinski definition) is 4. The monoisotopic (exact) mass is 462 g/mol. The van der Waals surface area contributed by atoms with Crippen molar-refractivity contribution in [3.05, 3.63) is 0 Å². The lowest BCUT2D eigenvalue weighted by Crippen LogP contribution is -2.03. The number of aliphatic hydroxyl groups is 2. The third kappa shape index (κ3) is 33.5. The SMILES string of the molecule is CCCCC(CC)CO.CCCCC(CC)CO.O=C(O)CCCCCCCCC(=O)O. The Balaban J connectivity index is -0.000000411. The van der Waals surface area contributed by atoms with Gasteiger partial charge in [0.2, 0.25) is 0 Å². The standard InChI is InChI=1S/C10H18O4.2C8H18O/c11-9(12)7-5-3-1-2-4-6-8-10(13)14;2*1-3-5-6-8(4-2)7-9/h1-8H2,(H,11,12)(H,13,14);2*8-9H,3-7H2,1-2H3. The fourth-order valence-electron chi connectivity index (χ4n) is 3.09. The summed E-state index contributed by atoms with van der Waals surface area (Å²) in [4.78, 5) is 20.3. The largest absolute Gasteiger partial charge is 0.481 e. The van der Waals surface area contributed by atoms with E-state index in [-0.39, 0.29) is 12.8 Å². The molecule has 0 bridgehead atoms. The van der Waals surface area contributed by atoms with E-state index in [1.54, 1.807) is 0 Å². The van der Waals surface area contributed by atoms with Crippen LogP contribution in [0.4, 0.5) is 0 Å². The summed E-state index contributed by atoms with van der Waals surface area (Å²) < 4.78 is 0. The lowest BCUT2D eigenvalue weighted by atomic mass is 10.0. The van der Waals surface area contributed by atoms with Crippen molar-refractivity contribution in [1.29, 1.82) is 0 Å². The molecule has 0 saturated heterocycles. The maximum atomic E-state index is 10.1. The van der Waals surface area contributed by atoms with Crippen molar-refractivity contribution < 1.29 is 30.0 Å². The highest BCUT2D eigenvalue weighted by Gasteiger charge is 2.02. The fourth-order valence-corrected chi connectivity index (χ4v) is 3.09. The first kappa shape index (κ1) is 35.4. The molecule has 0 saturated carbocycles. The van der Waals surface area contributed by atoms with Crippen LogP contribution in [0.5, 0.6) is 0 Å². The van der Waals surface area contributed by atoms with Gasteiger partial charge in [0.1, 0.15) is 0 Å². The van der Waals surface area contributed by atoms with Gasteiger partial charge in [0.05, 0.1) is 0 Å². The van der Waals surface area contributed by atoms with E-state index in [2.05, 4.69) is 27.7 Å². The van der Waals surface area contributed by atoms with Gasteiger partial charge in [0, 0.05) is 26.1 Å². The summed E-state index contributed by atoms with van der Waals surface area (Å²) in [5.74, 6) is -0.360. The molecular weight excluding hydrogens is 408 g/mol. The Morgan fingerprint density at radius 2 is 0.875 bits per heavy atom. The second kappa shape index (κ2) is 29.9. The number of hydrogen-bond donors (Lipinski definition) is 4. The molecule has 0 fully saturated rings. The van der Waals surface area contributed by atoms with E-state index < -0.39 is 11.9 Å². The molecule has 6 nitrogen and oxygen atoms in total. The van der Waals surface area contributed by atoms with Gasteiger partial charge in [0.25, 0.3) is 0 Å². The molecule has 4 N–H and O–H groups in total. The predicted molar refractivity (Wildman–Crippen MR) is 133 cm³/mol. The molecule has 0 spiro atoms. The van der Waals surface area contributed by atoms with Crippen LogP contribution in [0.25, 0.3) is 0 Å². The first-order chi connectivity index (χ1) is 15.3. The zero-order valence-electron chi connectivity index (χ0n) is 21.5. The van der Waals surface area contributed by atoms with Crippen molar-refractivity contribution in [3.8, 4) is 0 Å². The van der Waals surface area contributed by atoms with E-state index in [4.69, 9.17) is 20.4 Å². The fraction of sp³-hybridized carbons (Fsp3) is 0.923. The van der Waals surface area contributed by atoms with E-state index >= 15 is 0 Å². The third-order valence-electron chi connectivity index (χ3n) is 5.63. The number of rotatable bonds is 19. The molecule has 0 heterocycles. The number of aliphatic carboxylic acids is 2. The Hall–Kier alpha value is -1.14. The smallest absolute Gasteiger partial charge is 0.303 e. The predicted octanol–water partition coefficient (Wildman–Crippen LogP) is 6.67. The van der Waals surface area contributed by atoms with E-state index in [9.17, 15) is 9.59 Å². The van der Waals surface area contributed by atoms with Crippen molar-refractivity contribution in [2.45, 2.75) is 130 Å². The van der Waals surface area contributed by atoms with Gasteiger partial charge in [-0.1, -0.05) is 91.9 Å². The van der Waals surface area contributed by atoms with Crippen molar-refractivity contribution in [3.63, 3.8) is 0 Å². The number of unbranched alkanes of at least 4 members (excludes halogenated alkanes) is 7. The van der Waals surface area contributed by atoms with Gasteiger partial charge in [-0.05, 0) is 37.5 Å². The van der Waals surface area contributed by atoms with E-state index in [0.717, 1.165) is 51.4 Å². The summed E-state index contributed by atoms with van der Waals surface area (Å²) in [5, 5.41) is 34.2. The lowest BCUT2D eigenvalue weighted by molar-refractivity contribution is -0.138. The number of carbonyl (C=O) groups is 2. The van der Waals surface area contributed by atoms with Crippen LogP contribution in [-0.4, -0.2) is 45.6 Å². The van der Waals surface area contributed by atoms with Crippen molar-refractivity contribution >= 4 is 11.9 Å². The Morgan fingerprint density at radius 1 is 0.562 bits per heavy atom. The zero-order valence-corrected chi connectivity index (χ0v) is 21.5. The highest BCUT2D eigenvalue weighted by Crippen LogP contribution is 2.11. The minimum absolute atomic E-state index is 0.245. The highest BCUT2D eigenvalue weighted by molar-refractivity contribution is 5.66. The van der Waals surface area contributed by atoms with E-state index in [1.165, 1.54) is 38.5 Å². The second-order valence-corrected chi connectivity index (χ2v) is 8.61. The first-order valence-corrected chi connectivity index (χ1v) is 13.0. The third-order valence-corrected chi connectivity index (χ3v) is 5.63. The van der Waals surface area contributed by atoms with Crippen LogP contribution in [0, 0.1) is 11.8 Å². The second-order valence-electron chi connectivity index (χ2n) is 8.61. The van der Waals surface area contributed by atoms with Gasteiger partial charge in [-0.15, -0.1) is 0 Å². The molecule has 6 heteroatoms. The summed E-state index contributed by atoms with van der Waals surface area (Å²) in [6.45, 7) is 9.38. The maximum absolute atomic E-state index is 10.1. The molecule has 0 aromatic rings. The molecule has 0 aliphatic carbocycles. The van der Waals surface area contributed by atoms with Crippen LogP contribution in [0.15, 0.2) is 0 Å². The van der Waals surface area contributed by atoms with Crippen LogP contribution < -0.4 is 0 Å². The van der Waals surface area contributed by atoms with Crippen molar-refractivity contribution in [2.24, 2.45) is 11.8 Å². The van der Waals surface area contributed by atoms with Crippen LogP contribution in [-0.2, 0) is 9.59 Å². The van der Waals surface area contributed by atoms with Crippen molar-refractivity contribution in [2.75, 3.05) is 13.2 Å². The summed E-state index contributed by atoms with van der Waals surface area (Å²) in [6, 6.07) is 0. The van der Waals surface area contributed by atoms with Crippen LogP contribution in [0.2, 0.25) is 0 Å². The summed E-state index contributed by atoms with van der Waals surface area (Å²) in [7, 11) is 0. The lowest BCUT2D eigenvalue weighted by Gasteiger charge is -2.08. The van der Waals surface area contributed by atoms with Crippen LogP contribution >= 0.6 is 0 Å². The average molecular weight is 463 g/mol. The average Bonchev–Trinajstić information content (AvgIpc) is 2.77. The summed E-state index contributed by atoms with van der Waals surface area (Å²) >= 11 is 0. The summed E-state index contributed by atoms with van der Waals surface area (Å²) in [6.07, 6.45) is 15.5.